The molecule has 2 fully saturated rings. The molecule has 1 aromatic carbocycles. The van der Waals surface area contributed by atoms with E-state index in [-0.39, 0.29) is 6.04 Å². The second-order valence-corrected chi connectivity index (χ2v) is 5.79. The van der Waals surface area contributed by atoms with E-state index >= 15 is 0 Å². The van der Waals surface area contributed by atoms with Gasteiger partial charge in [-0.25, -0.2) is 4.90 Å². The molecule has 6 nitrogen and oxygen atoms in total. The van der Waals surface area contributed by atoms with Crippen molar-refractivity contribution >= 4 is 5.97 Å². The van der Waals surface area contributed by atoms with Gasteiger partial charge in [0.1, 0.15) is 6.04 Å². The number of piperidine rings is 1. The molecular weight excluding hydrogens is 272 g/mol. The fourth-order valence-electron chi connectivity index (χ4n) is 3.29. The lowest BCUT2D eigenvalue weighted by molar-refractivity contribution is -0.319. The standard InChI is InChI=1S/C15H20N2O4/c1-15(20)16-9-12(7-8-13(16)14(18)19)17(15)21-10-11-5-3-2-4-6-11/h2-6,12-13,20H,7-10H2,1H3,(H,18,19)/t12-,13+,15?/m1/s1. The maximum atomic E-state index is 11.3. The first-order valence-electron chi connectivity index (χ1n) is 7.18. The van der Waals surface area contributed by atoms with Crippen LogP contribution in [-0.4, -0.2) is 50.6 Å². The van der Waals surface area contributed by atoms with Crippen molar-refractivity contribution in [3.05, 3.63) is 35.9 Å². The molecular formula is C15H20N2O4. The van der Waals surface area contributed by atoms with Crippen LogP contribution in [0.3, 0.4) is 0 Å². The van der Waals surface area contributed by atoms with E-state index < -0.39 is 17.9 Å². The van der Waals surface area contributed by atoms with E-state index in [2.05, 4.69) is 0 Å². The number of aliphatic hydroxyl groups is 1. The lowest BCUT2D eigenvalue weighted by Crippen LogP contribution is -2.55. The summed E-state index contributed by atoms with van der Waals surface area (Å²) in [6, 6.07) is 9.09. The molecule has 2 unspecified atom stereocenters. The summed E-state index contributed by atoms with van der Waals surface area (Å²) in [6.07, 6.45) is 1.24. The van der Waals surface area contributed by atoms with Crippen LogP contribution in [0.15, 0.2) is 30.3 Å². The summed E-state index contributed by atoms with van der Waals surface area (Å²) in [5.74, 6) is -2.28. The molecule has 0 spiro atoms. The minimum Gasteiger partial charge on any atom is -0.480 e. The van der Waals surface area contributed by atoms with Crippen molar-refractivity contribution in [1.82, 2.24) is 9.96 Å². The van der Waals surface area contributed by atoms with Gasteiger partial charge in [0.2, 0.25) is 0 Å². The molecule has 0 amide bonds. The van der Waals surface area contributed by atoms with E-state index in [1.807, 2.05) is 30.3 Å². The van der Waals surface area contributed by atoms with Gasteiger partial charge in [0, 0.05) is 6.54 Å². The van der Waals surface area contributed by atoms with Crippen LogP contribution in [0.25, 0.3) is 0 Å². The van der Waals surface area contributed by atoms with E-state index in [9.17, 15) is 15.0 Å². The van der Waals surface area contributed by atoms with Crippen LogP contribution in [0.4, 0.5) is 0 Å². The van der Waals surface area contributed by atoms with Crippen LogP contribution in [0, 0.1) is 0 Å². The smallest absolute Gasteiger partial charge is 0.321 e. The molecule has 2 N–H and O–H groups in total. The lowest BCUT2D eigenvalue weighted by Gasteiger charge is -2.36. The van der Waals surface area contributed by atoms with Crippen molar-refractivity contribution in [2.75, 3.05) is 6.54 Å². The molecule has 4 atom stereocenters. The van der Waals surface area contributed by atoms with Crippen molar-refractivity contribution in [3.8, 4) is 0 Å². The molecule has 0 radical (unpaired) electrons. The van der Waals surface area contributed by atoms with Crippen molar-refractivity contribution in [2.45, 2.75) is 44.3 Å². The molecule has 0 aliphatic carbocycles. The summed E-state index contributed by atoms with van der Waals surface area (Å²) < 4.78 is 0. The van der Waals surface area contributed by atoms with Crippen LogP contribution in [0.5, 0.6) is 0 Å². The summed E-state index contributed by atoms with van der Waals surface area (Å²) in [6.45, 7) is 2.47. The number of benzene rings is 1. The molecule has 2 aliphatic heterocycles. The van der Waals surface area contributed by atoms with Gasteiger partial charge in [-0.2, -0.15) is 0 Å². The van der Waals surface area contributed by atoms with Crippen LogP contribution >= 0.6 is 0 Å². The predicted molar refractivity (Wildman–Crippen MR) is 74.8 cm³/mol. The minimum atomic E-state index is -1.39. The van der Waals surface area contributed by atoms with Crippen LogP contribution < -0.4 is 0 Å². The SMILES string of the molecule is CC1(O)N2C[C@@H](CC[C@H]2C(=O)O)N1OCc1ccccc1. The van der Waals surface area contributed by atoms with E-state index in [4.69, 9.17) is 4.84 Å². The maximum Gasteiger partial charge on any atom is 0.321 e. The zero-order valence-electron chi connectivity index (χ0n) is 12.0. The Hall–Kier alpha value is -1.47. The molecule has 2 saturated heterocycles. The average molecular weight is 292 g/mol. The quantitative estimate of drug-likeness (QED) is 0.863. The topological polar surface area (TPSA) is 73.2 Å². The summed E-state index contributed by atoms with van der Waals surface area (Å²) in [7, 11) is 0. The van der Waals surface area contributed by atoms with Crippen molar-refractivity contribution in [1.29, 1.82) is 0 Å². The molecule has 0 saturated carbocycles. The second-order valence-electron chi connectivity index (χ2n) is 5.79. The number of aliphatic carboxylic acids is 1. The number of nitrogens with zero attached hydrogens (tertiary/aromatic N) is 2. The summed E-state index contributed by atoms with van der Waals surface area (Å²) in [5.41, 5.74) is 1.01. The number of carboxylic acids is 1. The van der Waals surface area contributed by atoms with E-state index in [1.54, 1.807) is 16.9 Å². The molecule has 6 heteroatoms. The van der Waals surface area contributed by atoms with Gasteiger partial charge >= 0.3 is 5.97 Å². The Bertz CT molecular complexity index is 520. The Kier molecular flexibility index (Phi) is 3.71. The van der Waals surface area contributed by atoms with Crippen LogP contribution in [0.1, 0.15) is 25.3 Å². The summed E-state index contributed by atoms with van der Waals surface area (Å²) in [5, 5.41) is 21.5. The van der Waals surface area contributed by atoms with Gasteiger partial charge in [0.25, 0.3) is 0 Å². The number of rotatable bonds is 4. The first kappa shape index (κ1) is 14.5. The first-order valence-corrected chi connectivity index (χ1v) is 7.18. The van der Waals surface area contributed by atoms with Gasteiger partial charge in [0.15, 0.2) is 5.85 Å². The Morgan fingerprint density at radius 3 is 2.76 bits per heavy atom. The molecule has 2 heterocycles. The fourth-order valence-corrected chi connectivity index (χ4v) is 3.29. The van der Waals surface area contributed by atoms with Crippen molar-refractivity contribution in [2.24, 2.45) is 0 Å². The van der Waals surface area contributed by atoms with Gasteiger partial charge in [-0.1, -0.05) is 30.3 Å². The Morgan fingerprint density at radius 2 is 2.10 bits per heavy atom. The van der Waals surface area contributed by atoms with Gasteiger partial charge in [-0.3, -0.25) is 9.63 Å². The predicted octanol–water partition coefficient (Wildman–Crippen LogP) is 1.02. The molecule has 2 aliphatic rings. The van der Waals surface area contributed by atoms with Crippen LogP contribution in [0.2, 0.25) is 0 Å². The highest BCUT2D eigenvalue weighted by Gasteiger charge is 2.55. The number of hydroxylamine groups is 2. The van der Waals surface area contributed by atoms with Gasteiger partial charge < -0.3 is 10.2 Å². The van der Waals surface area contributed by atoms with E-state index in [0.717, 1.165) is 5.56 Å². The molecule has 114 valence electrons. The minimum absolute atomic E-state index is 0.0271. The normalized spacial score (nSPS) is 35.8. The summed E-state index contributed by atoms with van der Waals surface area (Å²) in [4.78, 5) is 18.7. The fraction of sp³-hybridized carbons (Fsp3) is 0.533. The highest BCUT2D eigenvalue weighted by Crippen LogP contribution is 2.38. The number of carbonyl (C=O) groups is 1. The first-order chi connectivity index (χ1) is 10.00. The highest BCUT2D eigenvalue weighted by molar-refractivity contribution is 5.73. The number of hydrogen-bond donors (Lipinski definition) is 2. The Morgan fingerprint density at radius 1 is 1.38 bits per heavy atom. The van der Waals surface area contributed by atoms with Crippen molar-refractivity contribution < 1.29 is 19.8 Å². The number of hydrogen-bond acceptors (Lipinski definition) is 5. The average Bonchev–Trinajstić information content (AvgIpc) is 2.65. The molecule has 1 aromatic rings. The molecule has 3 rings (SSSR count). The van der Waals surface area contributed by atoms with Gasteiger partial charge in [0.05, 0.1) is 12.6 Å². The Labute approximate surface area is 123 Å². The monoisotopic (exact) mass is 292 g/mol. The largest absolute Gasteiger partial charge is 0.480 e. The molecule has 0 aromatic heterocycles. The third kappa shape index (κ3) is 2.55. The third-order valence-electron chi connectivity index (χ3n) is 4.35. The van der Waals surface area contributed by atoms with Crippen LogP contribution in [-0.2, 0) is 16.2 Å². The molecule has 21 heavy (non-hydrogen) atoms. The van der Waals surface area contributed by atoms with Gasteiger partial charge in [-0.15, -0.1) is 5.06 Å². The van der Waals surface area contributed by atoms with E-state index in [0.29, 0.717) is 26.0 Å². The van der Waals surface area contributed by atoms with Gasteiger partial charge in [-0.05, 0) is 25.3 Å². The highest BCUT2D eigenvalue weighted by atomic mass is 16.7. The second kappa shape index (κ2) is 5.38. The third-order valence-corrected chi connectivity index (χ3v) is 4.35. The number of carboxylic acid groups (broad SMARTS) is 1. The lowest BCUT2D eigenvalue weighted by atomic mass is 10.0. The Balaban J connectivity index is 1.73. The zero-order valence-corrected chi connectivity index (χ0v) is 12.0. The maximum absolute atomic E-state index is 11.3. The molecule has 2 bridgehead atoms. The van der Waals surface area contributed by atoms with Crippen molar-refractivity contribution in [3.63, 3.8) is 0 Å². The number of fused-ring (bicyclic) bond motifs is 2. The summed E-state index contributed by atoms with van der Waals surface area (Å²) >= 11 is 0. The zero-order chi connectivity index (χ0) is 15.0. The van der Waals surface area contributed by atoms with E-state index in [1.165, 1.54) is 0 Å².